The van der Waals surface area contributed by atoms with Crippen molar-refractivity contribution >= 4 is 17.2 Å². The lowest BCUT2D eigenvalue weighted by Crippen LogP contribution is -2.42. The van der Waals surface area contributed by atoms with E-state index in [-0.39, 0.29) is 12.0 Å². The predicted molar refractivity (Wildman–Crippen MR) is 71.6 cm³/mol. The van der Waals surface area contributed by atoms with Gasteiger partial charge in [-0.15, -0.1) is 11.3 Å². The summed E-state index contributed by atoms with van der Waals surface area (Å²) >= 11 is 1.64. The topological polar surface area (TPSA) is 42.4 Å². The maximum Gasteiger partial charge on any atom is 0.251 e. The lowest BCUT2D eigenvalue weighted by atomic mass is 10.0. The first kappa shape index (κ1) is 13.5. The van der Waals surface area contributed by atoms with E-state index in [0.29, 0.717) is 12.5 Å². The van der Waals surface area contributed by atoms with Gasteiger partial charge in [-0.25, -0.2) is 4.98 Å². The number of hydrogen-bond acceptors (Lipinski definition) is 4. The maximum atomic E-state index is 12.3. The fourth-order valence-electron chi connectivity index (χ4n) is 2.22. The van der Waals surface area contributed by atoms with E-state index in [9.17, 15) is 4.79 Å². The Balaban J connectivity index is 1.89. The predicted octanol–water partition coefficient (Wildman–Crippen LogP) is 1.96. The van der Waals surface area contributed by atoms with Crippen molar-refractivity contribution in [1.82, 2.24) is 9.88 Å². The summed E-state index contributed by atoms with van der Waals surface area (Å²) in [6.45, 7) is 6.28. The number of rotatable bonds is 5. The van der Waals surface area contributed by atoms with Crippen molar-refractivity contribution in [3.63, 3.8) is 0 Å². The van der Waals surface area contributed by atoms with Crippen LogP contribution in [0.25, 0.3) is 0 Å². The van der Waals surface area contributed by atoms with Crippen LogP contribution in [0.1, 0.15) is 25.3 Å². The number of amides is 1. The molecule has 4 nitrogen and oxygen atoms in total. The molecular weight excluding hydrogens is 248 g/mol. The molecule has 18 heavy (non-hydrogen) atoms. The monoisotopic (exact) mass is 268 g/mol. The summed E-state index contributed by atoms with van der Waals surface area (Å²) in [6.07, 6.45) is 3.39. The zero-order valence-corrected chi connectivity index (χ0v) is 11.8. The van der Waals surface area contributed by atoms with Gasteiger partial charge in [0.1, 0.15) is 6.10 Å². The van der Waals surface area contributed by atoms with Crippen molar-refractivity contribution in [1.29, 1.82) is 0 Å². The molecule has 0 N–H and O–H groups in total. The Hall–Kier alpha value is -0.940. The number of carbonyl (C=O) groups excluding carboxylic acids is 1. The number of ether oxygens (including phenoxy) is 1. The summed E-state index contributed by atoms with van der Waals surface area (Å²) in [4.78, 5) is 18.5. The van der Waals surface area contributed by atoms with Gasteiger partial charge in [0.15, 0.2) is 0 Å². The first-order valence-corrected chi connectivity index (χ1v) is 7.39. The fraction of sp³-hybridized carbons (Fsp3) is 0.692. The second-order valence-corrected chi connectivity index (χ2v) is 5.63. The van der Waals surface area contributed by atoms with Gasteiger partial charge in [-0.05, 0) is 19.3 Å². The van der Waals surface area contributed by atoms with Crippen molar-refractivity contribution < 1.29 is 9.53 Å². The first-order valence-electron chi connectivity index (χ1n) is 6.51. The molecule has 0 bridgehead atoms. The molecule has 0 aromatic carbocycles. The van der Waals surface area contributed by atoms with E-state index in [1.165, 1.54) is 0 Å². The highest BCUT2D eigenvalue weighted by Gasteiger charge is 2.33. The normalized spacial score (nSPS) is 23.2. The van der Waals surface area contributed by atoms with Gasteiger partial charge in [0, 0.05) is 37.7 Å². The van der Waals surface area contributed by atoms with Crippen LogP contribution in [-0.2, 0) is 16.0 Å². The average Bonchev–Trinajstić information content (AvgIpc) is 3.00. The Labute approximate surface area is 112 Å². The van der Waals surface area contributed by atoms with E-state index in [2.05, 4.69) is 11.9 Å². The molecule has 0 radical (unpaired) electrons. The number of carbonyl (C=O) groups is 1. The molecule has 1 amide bonds. The molecule has 1 saturated heterocycles. The molecule has 1 aliphatic heterocycles. The maximum absolute atomic E-state index is 12.3. The zero-order chi connectivity index (χ0) is 13.0. The van der Waals surface area contributed by atoms with Gasteiger partial charge in [-0.2, -0.15) is 0 Å². The minimum atomic E-state index is -0.235. The van der Waals surface area contributed by atoms with Gasteiger partial charge in [-0.3, -0.25) is 4.79 Å². The van der Waals surface area contributed by atoms with Crippen LogP contribution in [0.15, 0.2) is 11.6 Å². The largest absolute Gasteiger partial charge is 0.368 e. The van der Waals surface area contributed by atoms with Gasteiger partial charge in [0.05, 0.1) is 5.01 Å². The summed E-state index contributed by atoms with van der Waals surface area (Å²) in [5.41, 5.74) is 0. The minimum Gasteiger partial charge on any atom is -0.368 e. The molecule has 0 spiro atoms. The minimum absolute atomic E-state index is 0.138. The van der Waals surface area contributed by atoms with E-state index in [0.717, 1.165) is 30.9 Å². The van der Waals surface area contributed by atoms with Crippen LogP contribution in [0.4, 0.5) is 0 Å². The highest BCUT2D eigenvalue weighted by atomic mass is 32.1. The zero-order valence-electron chi connectivity index (χ0n) is 11.0. The van der Waals surface area contributed by atoms with Crippen LogP contribution >= 0.6 is 11.3 Å². The summed E-state index contributed by atoms with van der Waals surface area (Å²) in [7, 11) is 0. The number of aromatic nitrogens is 1. The lowest BCUT2D eigenvalue weighted by molar-refractivity contribution is -0.142. The van der Waals surface area contributed by atoms with Gasteiger partial charge >= 0.3 is 0 Å². The molecule has 1 aliphatic rings. The number of nitrogens with zero attached hydrogens (tertiary/aromatic N) is 2. The van der Waals surface area contributed by atoms with Crippen molar-refractivity contribution in [2.24, 2.45) is 5.92 Å². The van der Waals surface area contributed by atoms with Crippen molar-refractivity contribution in [3.8, 4) is 0 Å². The van der Waals surface area contributed by atoms with Gasteiger partial charge in [-0.1, -0.05) is 6.92 Å². The van der Waals surface area contributed by atoms with Crippen molar-refractivity contribution in [2.75, 3.05) is 19.7 Å². The summed E-state index contributed by atoms with van der Waals surface area (Å²) < 4.78 is 5.54. The van der Waals surface area contributed by atoms with Crippen LogP contribution in [0, 0.1) is 5.92 Å². The molecule has 2 rings (SSSR count). The van der Waals surface area contributed by atoms with E-state index in [4.69, 9.17) is 4.74 Å². The molecule has 100 valence electrons. The Morgan fingerprint density at radius 2 is 2.50 bits per heavy atom. The van der Waals surface area contributed by atoms with Crippen LogP contribution < -0.4 is 0 Å². The Kier molecular flexibility index (Phi) is 4.72. The molecule has 0 unspecified atom stereocenters. The van der Waals surface area contributed by atoms with Crippen LogP contribution in [-0.4, -0.2) is 41.6 Å². The molecule has 0 aliphatic carbocycles. The van der Waals surface area contributed by atoms with Gasteiger partial charge in [0.2, 0.25) is 0 Å². The average molecular weight is 268 g/mol. The van der Waals surface area contributed by atoms with Crippen molar-refractivity contribution in [3.05, 3.63) is 16.6 Å². The highest BCUT2D eigenvalue weighted by Crippen LogP contribution is 2.22. The second-order valence-electron chi connectivity index (χ2n) is 4.65. The quantitative estimate of drug-likeness (QED) is 0.820. The smallest absolute Gasteiger partial charge is 0.251 e. The van der Waals surface area contributed by atoms with Gasteiger partial charge in [0.25, 0.3) is 5.91 Å². The molecule has 1 aromatic heterocycles. The van der Waals surface area contributed by atoms with E-state index in [1.807, 2.05) is 17.2 Å². The van der Waals surface area contributed by atoms with E-state index >= 15 is 0 Å². The summed E-state index contributed by atoms with van der Waals surface area (Å²) in [6, 6.07) is 0. The summed E-state index contributed by atoms with van der Waals surface area (Å²) in [5, 5.41) is 3.05. The molecule has 1 aromatic rings. The molecule has 1 fully saturated rings. The Morgan fingerprint density at radius 3 is 3.06 bits per heavy atom. The van der Waals surface area contributed by atoms with Crippen LogP contribution in [0.2, 0.25) is 0 Å². The third-order valence-electron chi connectivity index (χ3n) is 3.40. The molecule has 2 atom stereocenters. The molecule has 5 heteroatoms. The third-order valence-corrected chi connectivity index (χ3v) is 4.24. The number of hydrogen-bond donors (Lipinski definition) is 0. The first-order chi connectivity index (χ1) is 8.72. The standard InChI is InChI=1S/C13H20N2O2S/c1-3-15(7-4-11-14-6-9-18-11)13(16)12-10(2)5-8-17-12/h6,9-10,12H,3-5,7-8H2,1-2H3/t10-,12+/m1/s1. The number of likely N-dealkylation sites (N-methyl/N-ethyl adjacent to an activating group) is 1. The lowest BCUT2D eigenvalue weighted by Gasteiger charge is -2.25. The Bertz CT molecular complexity index is 380. The number of thiazole rings is 1. The molecule has 2 heterocycles. The third kappa shape index (κ3) is 3.09. The SMILES string of the molecule is CCN(CCc1nccs1)C(=O)[C@H]1OCC[C@H]1C. The van der Waals surface area contributed by atoms with E-state index < -0.39 is 0 Å². The van der Waals surface area contributed by atoms with Crippen molar-refractivity contribution in [2.45, 2.75) is 32.8 Å². The van der Waals surface area contributed by atoms with Gasteiger partial charge < -0.3 is 9.64 Å². The fourth-order valence-corrected chi connectivity index (χ4v) is 2.83. The second kappa shape index (κ2) is 6.29. The van der Waals surface area contributed by atoms with Crippen LogP contribution in [0.3, 0.4) is 0 Å². The molecular formula is C13H20N2O2S. The highest BCUT2D eigenvalue weighted by molar-refractivity contribution is 7.09. The molecule has 0 saturated carbocycles. The van der Waals surface area contributed by atoms with E-state index in [1.54, 1.807) is 17.5 Å². The van der Waals surface area contributed by atoms with Crippen LogP contribution in [0.5, 0.6) is 0 Å². The summed E-state index contributed by atoms with van der Waals surface area (Å²) in [5.74, 6) is 0.477. The Morgan fingerprint density at radius 1 is 1.67 bits per heavy atom.